The van der Waals surface area contributed by atoms with Crippen molar-refractivity contribution >= 4 is 33.7 Å². The molecular formula is C29H21ClF2N4O3. The van der Waals surface area contributed by atoms with E-state index < -0.39 is 28.3 Å². The van der Waals surface area contributed by atoms with Crippen LogP contribution in [-0.4, -0.2) is 19.1 Å². The van der Waals surface area contributed by atoms with Crippen LogP contribution in [0.25, 0.3) is 33.4 Å². The van der Waals surface area contributed by atoms with Crippen molar-refractivity contribution < 1.29 is 8.78 Å². The topological polar surface area (TPSA) is 89.8 Å². The number of rotatable bonds is 2. The van der Waals surface area contributed by atoms with Gasteiger partial charge >= 0.3 is 11.1 Å². The van der Waals surface area contributed by atoms with Crippen molar-refractivity contribution in [3.05, 3.63) is 145 Å². The second kappa shape index (κ2) is 11.2. The summed E-state index contributed by atoms with van der Waals surface area (Å²) in [5, 5.41) is -0.179. The van der Waals surface area contributed by atoms with Gasteiger partial charge in [-0.3, -0.25) is 23.5 Å². The second-order valence-electron chi connectivity index (χ2n) is 8.10. The molecule has 0 fully saturated rings. The van der Waals surface area contributed by atoms with E-state index in [1.165, 1.54) is 45.5 Å². The van der Waals surface area contributed by atoms with E-state index in [0.717, 1.165) is 0 Å². The first kappa shape index (κ1) is 27.2. The van der Waals surface area contributed by atoms with Crippen molar-refractivity contribution in [1.29, 1.82) is 0 Å². The van der Waals surface area contributed by atoms with Crippen molar-refractivity contribution in [1.82, 2.24) is 19.1 Å². The quantitative estimate of drug-likeness (QED) is 0.285. The van der Waals surface area contributed by atoms with Gasteiger partial charge in [-0.2, -0.15) is 0 Å². The minimum atomic E-state index is -0.776. The third-order valence-electron chi connectivity index (χ3n) is 5.65. The molecule has 0 aliphatic heterocycles. The Morgan fingerprint density at radius 3 is 1.77 bits per heavy atom. The number of nitrogens with zero attached hydrogens (tertiary/aromatic N) is 3. The molecule has 0 aliphatic carbocycles. The lowest BCUT2D eigenvalue weighted by molar-refractivity contribution is 0.628. The maximum atomic E-state index is 13.2. The Kier molecular flexibility index (Phi) is 7.83. The normalized spacial score (nSPS) is 10.5. The van der Waals surface area contributed by atoms with Crippen LogP contribution in [0, 0.1) is 11.6 Å². The van der Waals surface area contributed by atoms with Crippen LogP contribution in [0.3, 0.4) is 0 Å². The molecule has 0 radical (unpaired) electrons. The highest BCUT2D eigenvalue weighted by Crippen LogP contribution is 2.18. The Balaban J connectivity index is 0.000000176. The molecule has 0 aliphatic rings. The number of fused-ring (bicyclic) bond motifs is 2. The molecule has 0 bridgehead atoms. The van der Waals surface area contributed by atoms with Crippen molar-refractivity contribution in [2.75, 3.05) is 0 Å². The van der Waals surface area contributed by atoms with E-state index in [9.17, 15) is 23.2 Å². The molecule has 6 aromatic rings. The van der Waals surface area contributed by atoms with Crippen LogP contribution in [0.2, 0.25) is 5.15 Å². The van der Waals surface area contributed by atoms with Crippen LogP contribution in [0.1, 0.15) is 7.43 Å². The van der Waals surface area contributed by atoms with Crippen LogP contribution in [-0.2, 0) is 0 Å². The van der Waals surface area contributed by atoms with Crippen LogP contribution in [0.5, 0.6) is 0 Å². The molecule has 0 spiro atoms. The lowest BCUT2D eigenvalue weighted by atomic mass is 10.2. The summed E-state index contributed by atoms with van der Waals surface area (Å²) in [7, 11) is 0. The predicted molar refractivity (Wildman–Crippen MR) is 149 cm³/mol. The fourth-order valence-electron chi connectivity index (χ4n) is 3.99. The fourth-order valence-corrected chi connectivity index (χ4v) is 4.16. The van der Waals surface area contributed by atoms with Crippen LogP contribution >= 0.6 is 11.6 Å². The number of hydrogen-bond donors (Lipinski definition) is 1. The Hall–Kier alpha value is -4.89. The van der Waals surface area contributed by atoms with E-state index in [-0.39, 0.29) is 18.1 Å². The molecule has 0 amide bonds. The van der Waals surface area contributed by atoms with E-state index >= 15 is 0 Å². The van der Waals surface area contributed by atoms with Gasteiger partial charge in [0.2, 0.25) is 0 Å². The maximum absolute atomic E-state index is 13.2. The largest absolute Gasteiger partial charge is 0.321 e. The van der Waals surface area contributed by atoms with Gasteiger partial charge in [-0.1, -0.05) is 55.4 Å². The third kappa shape index (κ3) is 5.39. The molecule has 0 unspecified atom stereocenters. The van der Waals surface area contributed by atoms with Crippen molar-refractivity contribution in [3.63, 3.8) is 0 Å². The summed E-state index contributed by atoms with van der Waals surface area (Å²) in [5.41, 5.74) is 0.934. The zero-order valence-electron chi connectivity index (χ0n) is 19.4. The molecule has 7 nitrogen and oxygen atoms in total. The van der Waals surface area contributed by atoms with Gasteiger partial charge in [0.05, 0.1) is 22.1 Å². The predicted octanol–water partition coefficient (Wildman–Crippen LogP) is 5.63. The maximum Gasteiger partial charge on any atom is 0.321 e. The van der Waals surface area contributed by atoms with Crippen molar-refractivity contribution in [2.45, 2.75) is 7.43 Å². The summed E-state index contributed by atoms with van der Waals surface area (Å²) < 4.78 is 29.1. The van der Waals surface area contributed by atoms with Gasteiger partial charge in [-0.05, 0) is 54.6 Å². The molecule has 39 heavy (non-hydrogen) atoms. The molecule has 0 saturated heterocycles. The van der Waals surface area contributed by atoms with Crippen LogP contribution in [0.15, 0.2) is 111 Å². The summed E-state index contributed by atoms with van der Waals surface area (Å²) in [4.78, 5) is 42.1. The minimum Gasteiger partial charge on any atom is -0.316 e. The van der Waals surface area contributed by atoms with Gasteiger partial charge < -0.3 is 4.98 Å². The Morgan fingerprint density at radius 2 is 1.18 bits per heavy atom. The second-order valence-corrected chi connectivity index (χ2v) is 8.46. The average Bonchev–Trinajstić information content (AvgIpc) is 2.92. The zero-order chi connectivity index (χ0) is 26.8. The monoisotopic (exact) mass is 546 g/mol. The Morgan fingerprint density at radius 1 is 0.667 bits per heavy atom. The zero-order valence-corrected chi connectivity index (χ0v) is 20.2. The van der Waals surface area contributed by atoms with E-state index in [1.54, 1.807) is 36.4 Å². The fraction of sp³-hybridized carbons (Fsp3) is 0.0345. The van der Waals surface area contributed by atoms with Gasteiger partial charge in [0.15, 0.2) is 5.15 Å². The van der Waals surface area contributed by atoms with Crippen LogP contribution in [0.4, 0.5) is 8.78 Å². The molecule has 4 aromatic carbocycles. The molecule has 0 saturated carbocycles. The third-order valence-corrected chi connectivity index (χ3v) is 5.90. The van der Waals surface area contributed by atoms with Gasteiger partial charge in [-0.15, -0.1) is 0 Å². The first-order chi connectivity index (χ1) is 18.3. The van der Waals surface area contributed by atoms with E-state index in [0.29, 0.717) is 27.9 Å². The minimum absolute atomic E-state index is 0. The number of nitrogens with one attached hydrogen (secondary N) is 1. The molecule has 0 atom stereocenters. The molecule has 2 aromatic heterocycles. The lowest BCUT2D eigenvalue weighted by Gasteiger charge is -2.10. The highest BCUT2D eigenvalue weighted by molar-refractivity contribution is 6.29. The summed E-state index contributed by atoms with van der Waals surface area (Å²) in [6.45, 7) is 0. The smallest absolute Gasteiger partial charge is 0.316 e. The van der Waals surface area contributed by atoms with Crippen molar-refractivity contribution in [2.24, 2.45) is 0 Å². The SMILES string of the molecule is C.O=c1[nH]c2cc(F)ccc2n(-c2ccccc2)c1=O.O=c1c(Cl)nc2cc(F)ccc2n1-c1ccccc1. The summed E-state index contributed by atoms with van der Waals surface area (Å²) in [5.74, 6) is -0.893. The number of benzene rings is 4. The van der Waals surface area contributed by atoms with Gasteiger partial charge in [-0.25, -0.2) is 13.8 Å². The highest BCUT2D eigenvalue weighted by atomic mass is 35.5. The molecular weight excluding hydrogens is 526 g/mol. The Labute approximate surface area is 225 Å². The van der Waals surface area contributed by atoms with E-state index in [2.05, 4.69) is 9.97 Å². The molecule has 6 rings (SSSR count). The van der Waals surface area contributed by atoms with Gasteiger partial charge in [0.1, 0.15) is 11.6 Å². The number of halogens is 3. The van der Waals surface area contributed by atoms with Crippen LogP contribution < -0.4 is 16.7 Å². The van der Waals surface area contributed by atoms with E-state index in [4.69, 9.17) is 11.6 Å². The highest BCUT2D eigenvalue weighted by Gasteiger charge is 2.12. The standard InChI is InChI=1S/C14H8ClFN2O.C14H9FN2O2.CH4/c15-13-14(19)18(10-4-2-1-3-5-10)12-7-6-9(16)8-11(12)17-13;15-9-6-7-12-11(8-9)16-13(18)14(19)17(12)10-4-2-1-3-5-10;/h1-8H;1-8H,(H,16,18);1H4. The molecule has 2 heterocycles. The summed E-state index contributed by atoms with van der Waals surface area (Å²) in [6.07, 6.45) is 0. The number of H-pyrrole nitrogens is 1. The van der Waals surface area contributed by atoms with Gasteiger partial charge in [0.25, 0.3) is 5.56 Å². The van der Waals surface area contributed by atoms with Gasteiger partial charge in [0, 0.05) is 17.4 Å². The molecule has 10 heteroatoms. The molecule has 196 valence electrons. The summed E-state index contributed by atoms with van der Waals surface area (Å²) in [6, 6.07) is 25.7. The average molecular weight is 547 g/mol. The van der Waals surface area contributed by atoms with Crippen molar-refractivity contribution in [3.8, 4) is 11.4 Å². The Bertz CT molecular complexity index is 1970. The van der Waals surface area contributed by atoms with E-state index in [1.807, 2.05) is 24.3 Å². The number of hydrogen-bond acceptors (Lipinski definition) is 4. The summed E-state index contributed by atoms with van der Waals surface area (Å²) >= 11 is 5.83. The lowest BCUT2D eigenvalue weighted by Crippen LogP contribution is -2.35. The number of para-hydroxylation sites is 2. The number of aromatic nitrogens is 4. The first-order valence-electron chi connectivity index (χ1n) is 11.3. The first-order valence-corrected chi connectivity index (χ1v) is 11.6. The number of aromatic amines is 1. The molecule has 1 N–H and O–H groups in total.